The van der Waals surface area contributed by atoms with E-state index in [0.717, 1.165) is 14.8 Å². The molecule has 20 heavy (non-hydrogen) atoms. The van der Waals surface area contributed by atoms with Gasteiger partial charge in [0.2, 0.25) is 0 Å². The molecule has 1 unspecified atom stereocenters. The van der Waals surface area contributed by atoms with Crippen molar-refractivity contribution in [3.63, 3.8) is 0 Å². The quantitative estimate of drug-likeness (QED) is 0.881. The Kier molecular flexibility index (Phi) is 5.16. The highest BCUT2D eigenvalue weighted by Crippen LogP contribution is 2.40. The molecular formula is C14H15Cl2NO2S. The molecule has 3 nitrogen and oxygen atoms in total. The summed E-state index contributed by atoms with van der Waals surface area (Å²) < 4.78 is 11.3. The van der Waals surface area contributed by atoms with E-state index in [1.54, 1.807) is 14.2 Å². The van der Waals surface area contributed by atoms with Crippen LogP contribution in [0.25, 0.3) is 0 Å². The molecule has 2 aromatic rings. The lowest BCUT2D eigenvalue weighted by Gasteiger charge is -2.18. The summed E-state index contributed by atoms with van der Waals surface area (Å²) in [4.78, 5) is 1.11. The highest BCUT2D eigenvalue weighted by molar-refractivity contribution is 7.16. The van der Waals surface area contributed by atoms with Crippen molar-refractivity contribution in [2.75, 3.05) is 21.3 Å². The summed E-state index contributed by atoms with van der Waals surface area (Å²) in [6.45, 7) is 0. The third-order valence-electron chi connectivity index (χ3n) is 2.96. The molecule has 108 valence electrons. The minimum absolute atomic E-state index is 0.00445. The van der Waals surface area contributed by atoms with E-state index in [4.69, 9.17) is 32.7 Å². The average molecular weight is 332 g/mol. The molecule has 1 heterocycles. The second-order valence-electron chi connectivity index (χ2n) is 4.10. The van der Waals surface area contributed by atoms with E-state index < -0.39 is 0 Å². The van der Waals surface area contributed by atoms with Gasteiger partial charge in [-0.15, -0.1) is 11.3 Å². The topological polar surface area (TPSA) is 30.5 Å². The van der Waals surface area contributed by atoms with E-state index in [9.17, 15) is 0 Å². The minimum atomic E-state index is 0.00445. The van der Waals surface area contributed by atoms with Gasteiger partial charge in [0.15, 0.2) is 11.5 Å². The molecule has 0 radical (unpaired) electrons. The molecule has 6 heteroatoms. The van der Waals surface area contributed by atoms with Crippen LogP contribution in [-0.4, -0.2) is 21.3 Å². The van der Waals surface area contributed by atoms with E-state index in [-0.39, 0.29) is 6.04 Å². The van der Waals surface area contributed by atoms with Gasteiger partial charge in [-0.25, -0.2) is 0 Å². The number of rotatable bonds is 5. The third kappa shape index (κ3) is 3.04. The number of hydrogen-bond donors (Lipinski definition) is 1. The first-order valence-electron chi connectivity index (χ1n) is 5.94. The molecule has 1 atom stereocenters. The molecule has 0 bridgehead atoms. The maximum Gasteiger partial charge on any atom is 0.179 e. The van der Waals surface area contributed by atoms with Gasteiger partial charge in [0.25, 0.3) is 0 Å². The molecule has 0 saturated heterocycles. The Labute approximate surface area is 132 Å². The predicted molar refractivity (Wildman–Crippen MR) is 84.8 cm³/mol. The second kappa shape index (κ2) is 6.68. The van der Waals surface area contributed by atoms with Crippen LogP contribution >= 0.6 is 34.5 Å². The molecule has 0 spiro atoms. The van der Waals surface area contributed by atoms with E-state index in [0.29, 0.717) is 16.5 Å². The third-order valence-corrected chi connectivity index (χ3v) is 4.53. The Balaban J connectivity index is 2.47. The summed E-state index contributed by atoms with van der Waals surface area (Å²) in [5.74, 6) is 1.15. The number of ether oxygens (including phenoxy) is 2. The first-order valence-corrected chi connectivity index (χ1v) is 7.51. The molecule has 0 saturated carbocycles. The van der Waals surface area contributed by atoms with Crippen LogP contribution in [0.4, 0.5) is 0 Å². The van der Waals surface area contributed by atoms with Gasteiger partial charge in [-0.05, 0) is 36.9 Å². The van der Waals surface area contributed by atoms with E-state index in [1.807, 2.05) is 31.3 Å². The van der Waals surface area contributed by atoms with Crippen molar-refractivity contribution in [3.05, 3.63) is 44.1 Å². The van der Waals surface area contributed by atoms with Gasteiger partial charge in [-0.2, -0.15) is 0 Å². The molecule has 0 amide bonds. The van der Waals surface area contributed by atoms with E-state index >= 15 is 0 Å². The van der Waals surface area contributed by atoms with Gasteiger partial charge in [-0.3, -0.25) is 0 Å². The van der Waals surface area contributed by atoms with Crippen LogP contribution in [0.2, 0.25) is 9.36 Å². The fourth-order valence-corrected chi connectivity index (χ4v) is 3.56. The first-order chi connectivity index (χ1) is 9.60. The van der Waals surface area contributed by atoms with E-state index in [2.05, 4.69) is 5.32 Å². The van der Waals surface area contributed by atoms with Gasteiger partial charge >= 0.3 is 0 Å². The number of nitrogens with one attached hydrogen (secondary N) is 1. The zero-order chi connectivity index (χ0) is 14.7. The lowest BCUT2D eigenvalue weighted by molar-refractivity contribution is 0.354. The lowest BCUT2D eigenvalue weighted by Crippen LogP contribution is -2.16. The van der Waals surface area contributed by atoms with Crippen molar-refractivity contribution in [1.82, 2.24) is 5.32 Å². The Bertz CT molecular complexity index is 601. The number of benzene rings is 1. The minimum Gasteiger partial charge on any atom is -0.493 e. The van der Waals surface area contributed by atoms with Crippen molar-refractivity contribution in [2.45, 2.75) is 6.04 Å². The van der Waals surface area contributed by atoms with Crippen LogP contribution in [-0.2, 0) is 0 Å². The lowest BCUT2D eigenvalue weighted by atomic mass is 10.0. The van der Waals surface area contributed by atoms with E-state index in [1.165, 1.54) is 11.3 Å². The molecular weight excluding hydrogens is 317 g/mol. The van der Waals surface area contributed by atoms with Crippen LogP contribution in [0.3, 0.4) is 0 Å². The average Bonchev–Trinajstić information content (AvgIpc) is 2.85. The predicted octanol–water partition coefficient (Wildman–Crippen LogP) is 4.38. The maximum atomic E-state index is 6.25. The molecule has 1 aromatic carbocycles. The van der Waals surface area contributed by atoms with Gasteiger partial charge in [0.05, 0.1) is 29.6 Å². The zero-order valence-electron chi connectivity index (χ0n) is 11.4. The molecule has 0 fully saturated rings. The highest BCUT2D eigenvalue weighted by Gasteiger charge is 2.19. The molecule has 0 aliphatic rings. The van der Waals surface area contributed by atoms with Gasteiger partial charge < -0.3 is 14.8 Å². The largest absolute Gasteiger partial charge is 0.493 e. The summed E-state index contributed by atoms with van der Waals surface area (Å²) in [7, 11) is 5.05. The summed E-state index contributed by atoms with van der Waals surface area (Å²) in [6, 6.07) is 7.68. The van der Waals surface area contributed by atoms with Crippen LogP contribution in [0.1, 0.15) is 16.5 Å². The van der Waals surface area contributed by atoms with Crippen molar-refractivity contribution < 1.29 is 9.47 Å². The Morgan fingerprint density at radius 2 is 1.90 bits per heavy atom. The first kappa shape index (κ1) is 15.4. The Morgan fingerprint density at radius 3 is 2.40 bits per heavy atom. The molecule has 2 rings (SSSR count). The standard InChI is InChI=1S/C14H15Cl2NO2S/c1-17-13(11-4-5-12(16)20-11)8-6-9(15)14(19-3)10(7-8)18-2/h4-7,13,17H,1-3H3. The molecule has 0 aliphatic carbocycles. The number of thiophene rings is 1. The van der Waals surface area contributed by atoms with Crippen molar-refractivity contribution >= 4 is 34.5 Å². The summed E-state index contributed by atoms with van der Waals surface area (Å²) in [5, 5.41) is 3.78. The fraction of sp³-hybridized carbons (Fsp3) is 0.286. The van der Waals surface area contributed by atoms with Crippen LogP contribution in [0.15, 0.2) is 24.3 Å². The van der Waals surface area contributed by atoms with Crippen molar-refractivity contribution in [3.8, 4) is 11.5 Å². The Hall–Kier alpha value is -0.940. The van der Waals surface area contributed by atoms with Gasteiger partial charge in [0, 0.05) is 4.88 Å². The van der Waals surface area contributed by atoms with Crippen LogP contribution in [0, 0.1) is 0 Å². The maximum absolute atomic E-state index is 6.25. The molecule has 1 aromatic heterocycles. The van der Waals surface area contributed by atoms with Gasteiger partial charge in [-0.1, -0.05) is 23.2 Å². The molecule has 0 aliphatic heterocycles. The van der Waals surface area contributed by atoms with Crippen LogP contribution < -0.4 is 14.8 Å². The number of methoxy groups -OCH3 is 2. The smallest absolute Gasteiger partial charge is 0.179 e. The molecule has 1 N–H and O–H groups in total. The summed E-state index contributed by atoms with van der Waals surface area (Å²) in [6.07, 6.45) is 0. The number of halogens is 2. The highest BCUT2D eigenvalue weighted by atomic mass is 35.5. The monoisotopic (exact) mass is 331 g/mol. The second-order valence-corrected chi connectivity index (χ2v) is 6.26. The zero-order valence-corrected chi connectivity index (χ0v) is 13.7. The van der Waals surface area contributed by atoms with Gasteiger partial charge in [0.1, 0.15) is 0 Å². The van der Waals surface area contributed by atoms with Crippen molar-refractivity contribution in [2.24, 2.45) is 0 Å². The SMILES string of the molecule is CNC(c1cc(Cl)c(OC)c(OC)c1)c1ccc(Cl)s1. The summed E-state index contributed by atoms with van der Waals surface area (Å²) in [5.41, 5.74) is 0.994. The summed E-state index contributed by atoms with van der Waals surface area (Å²) >= 11 is 13.8. The Morgan fingerprint density at radius 1 is 1.15 bits per heavy atom. The normalized spacial score (nSPS) is 12.2. The number of hydrogen-bond acceptors (Lipinski definition) is 4. The fourth-order valence-electron chi connectivity index (χ4n) is 2.06. The van der Waals surface area contributed by atoms with Crippen molar-refractivity contribution in [1.29, 1.82) is 0 Å². The van der Waals surface area contributed by atoms with Crippen LogP contribution in [0.5, 0.6) is 11.5 Å².